The Morgan fingerprint density at radius 1 is 1.40 bits per heavy atom. The lowest BCUT2D eigenvalue weighted by atomic mass is 10.3. The van der Waals surface area contributed by atoms with Gasteiger partial charge in [0.2, 0.25) is 0 Å². The number of hydrogen-bond acceptors (Lipinski definition) is 5. The summed E-state index contributed by atoms with van der Waals surface area (Å²) >= 11 is 4.63. The van der Waals surface area contributed by atoms with Gasteiger partial charge in [0.05, 0.1) is 12.8 Å². The third kappa shape index (κ3) is 3.32. The molecular formula is C12H13BrN2O3S2. The highest BCUT2D eigenvalue weighted by molar-refractivity contribution is 9.10. The molecule has 1 aromatic heterocycles. The monoisotopic (exact) mass is 376 g/mol. The minimum atomic E-state index is -3.65. The van der Waals surface area contributed by atoms with Crippen LogP contribution in [0.25, 0.3) is 0 Å². The molecule has 2 aromatic rings. The first-order chi connectivity index (χ1) is 9.46. The molecule has 108 valence electrons. The molecule has 1 heterocycles. The molecule has 0 saturated carbocycles. The van der Waals surface area contributed by atoms with Gasteiger partial charge in [-0.05, 0) is 23.6 Å². The van der Waals surface area contributed by atoms with Gasteiger partial charge in [-0.15, -0.1) is 11.3 Å². The van der Waals surface area contributed by atoms with Crippen molar-refractivity contribution < 1.29 is 13.2 Å². The van der Waals surface area contributed by atoms with Crippen LogP contribution in [-0.2, 0) is 16.6 Å². The summed E-state index contributed by atoms with van der Waals surface area (Å²) < 4.78 is 33.0. The van der Waals surface area contributed by atoms with E-state index in [0.717, 1.165) is 4.47 Å². The van der Waals surface area contributed by atoms with Gasteiger partial charge in [0, 0.05) is 22.0 Å². The predicted octanol–water partition coefficient (Wildman–Crippen LogP) is 2.78. The van der Waals surface area contributed by atoms with E-state index in [2.05, 4.69) is 20.7 Å². The van der Waals surface area contributed by atoms with Crippen molar-refractivity contribution in [3.05, 3.63) is 39.0 Å². The Morgan fingerprint density at radius 2 is 2.15 bits per heavy atom. The summed E-state index contributed by atoms with van der Waals surface area (Å²) in [5.74, 6) is 0.557. The number of hydrogen-bond donors (Lipinski definition) is 2. The minimum Gasteiger partial charge on any atom is -0.497 e. The van der Waals surface area contributed by atoms with Crippen LogP contribution in [-0.4, -0.2) is 15.5 Å². The van der Waals surface area contributed by atoms with Crippen molar-refractivity contribution in [3.63, 3.8) is 0 Å². The van der Waals surface area contributed by atoms with Crippen molar-refractivity contribution in [1.82, 2.24) is 0 Å². The molecule has 0 radical (unpaired) electrons. The molecule has 0 aliphatic heterocycles. The molecule has 0 spiro atoms. The van der Waals surface area contributed by atoms with Crippen molar-refractivity contribution in [2.45, 2.75) is 11.4 Å². The topological polar surface area (TPSA) is 81.4 Å². The van der Waals surface area contributed by atoms with Crippen LogP contribution in [0.1, 0.15) is 4.88 Å². The molecule has 5 nitrogen and oxygen atoms in total. The maximum absolute atomic E-state index is 12.3. The normalized spacial score (nSPS) is 11.3. The van der Waals surface area contributed by atoms with Crippen LogP contribution < -0.4 is 15.2 Å². The average molecular weight is 377 g/mol. The maximum Gasteiger partial charge on any atom is 0.263 e. The van der Waals surface area contributed by atoms with Crippen LogP contribution in [0, 0.1) is 0 Å². The molecule has 20 heavy (non-hydrogen) atoms. The summed E-state index contributed by atoms with van der Waals surface area (Å²) in [5.41, 5.74) is 5.97. The van der Waals surface area contributed by atoms with Crippen molar-refractivity contribution in [3.8, 4) is 5.75 Å². The number of nitrogens with two attached hydrogens (primary N) is 1. The fraction of sp³-hybridized carbons (Fsp3) is 0.167. The summed E-state index contributed by atoms with van der Waals surface area (Å²) in [7, 11) is -2.13. The van der Waals surface area contributed by atoms with E-state index in [1.165, 1.54) is 18.4 Å². The molecule has 1 aromatic carbocycles. The van der Waals surface area contributed by atoms with Crippen LogP contribution in [0.3, 0.4) is 0 Å². The van der Waals surface area contributed by atoms with Crippen LogP contribution in [0.4, 0.5) is 5.69 Å². The number of sulfonamides is 1. The first-order valence-electron chi connectivity index (χ1n) is 5.60. The smallest absolute Gasteiger partial charge is 0.263 e. The lowest BCUT2D eigenvalue weighted by Crippen LogP contribution is -2.14. The van der Waals surface area contributed by atoms with Gasteiger partial charge in [-0.3, -0.25) is 4.72 Å². The molecule has 0 saturated heterocycles. The SMILES string of the molecule is COc1cc(Br)cc(NS(=O)(=O)c2ccsc2CN)c1. The number of benzene rings is 1. The fourth-order valence-corrected chi connectivity index (χ4v) is 4.52. The average Bonchev–Trinajstić information content (AvgIpc) is 2.86. The zero-order valence-electron chi connectivity index (χ0n) is 10.6. The van der Waals surface area contributed by atoms with E-state index in [1.807, 2.05) is 0 Å². The largest absolute Gasteiger partial charge is 0.497 e. The van der Waals surface area contributed by atoms with Crippen LogP contribution in [0.2, 0.25) is 0 Å². The number of ether oxygens (including phenoxy) is 1. The van der Waals surface area contributed by atoms with E-state index >= 15 is 0 Å². The number of anilines is 1. The second kappa shape index (κ2) is 6.13. The summed E-state index contributed by atoms with van der Waals surface area (Å²) in [6.07, 6.45) is 0. The van der Waals surface area contributed by atoms with Crippen LogP contribution in [0.5, 0.6) is 5.75 Å². The maximum atomic E-state index is 12.3. The Labute approximate surface area is 129 Å². The standard InChI is InChI=1S/C12H13BrN2O3S2/c1-18-10-5-8(13)4-9(6-10)15-20(16,17)12-2-3-19-11(12)7-14/h2-6,15H,7,14H2,1H3. The Bertz CT molecular complexity index is 713. The zero-order valence-corrected chi connectivity index (χ0v) is 13.8. The molecule has 0 aliphatic rings. The van der Waals surface area contributed by atoms with E-state index in [-0.39, 0.29) is 11.4 Å². The summed E-state index contributed by atoms with van der Waals surface area (Å²) in [4.78, 5) is 0.836. The number of halogens is 1. The summed E-state index contributed by atoms with van der Waals surface area (Å²) in [6, 6.07) is 6.56. The molecule has 2 rings (SSSR count). The molecule has 3 N–H and O–H groups in total. The first kappa shape index (κ1) is 15.3. The van der Waals surface area contributed by atoms with Gasteiger partial charge in [-0.1, -0.05) is 15.9 Å². The highest BCUT2D eigenvalue weighted by Gasteiger charge is 2.19. The first-order valence-corrected chi connectivity index (χ1v) is 8.75. The quantitative estimate of drug-likeness (QED) is 0.840. The second-order valence-electron chi connectivity index (χ2n) is 3.90. The second-order valence-corrected chi connectivity index (χ2v) is 7.46. The van der Waals surface area contributed by atoms with Crippen molar-refractivity contribution in [2.24, 2.45) is 5.73 Å². The fourth-order valence-electron chi connectivity index (χ4n) is 1.67. The number of rotatable bonds is 5. The molecule has 0 atom stereocenters. The Balaban J connectivity index is 2.36. The molecule has 0 amide bonds. The molecular weight excluding hydrogens is 364 g/mol. The van der Waals surface area contributed by atoms with Crippen LogP contribution in [0.15, 0.2) is 39.0 Å². The Hall–Kier alpha value is -1.09. The lowest BCUT2D eigenvalue weighted by Gasteiger charge is -2.10. The van der Waals surface area contributed by atoms with Crippen molar-refractivity contribution in [2.75, 3.05) is 11.8 Å². The highest BCUT2D eigenvalue weighted by atomic mass is 79.9. The molecule has 0 fully saturated rings. The van der Waals surface area contributed by atoms with Crippen LogP contribution >= 0.6 is 27.3 Å². The lowest BCUT2D eigenvalue weighted by molar-refractivity contribution is 0.415. The Kier molecular flexibility index (Phi) is 4.69. The van der Waals surface area contributed by atoms with E-state index in [0.29, 0.717) is 16.3 Å². The Morgan fingerprint density at radius 3 is 2.80 bits per heavy atom. The predicted molar refractivity (Wildman–Crippen MR) is 83.7 cm³/mol. The summed E-state index contributed by atoms with van der Waals surface area (Å²) in [5, 5.41) is 1.71. The summed E-state index contributed by atoms with van der Waals surface area (Å²) in [6.45, 7) is 0.190. The van der Waals surface area contributed by atoms with E-state index in [4.69, 9.17) is 10.5 Å². The van der Waals surface area contributed by atoms with Gasteiger partial charge in [0.25, 0.3) is 10.0 Å². The molecule has 0 aliphatic carbocycles. The number of thiophene rings is 1. The van der Waals surface area contributed by atoms with Gasteiger partial charge in [-0.25, -0.2) is 8.42 Å². The third-order valence-corrected chi connectivity index (χ3v) is 5.53. The van der Waals surface area contributed by atoms with Gasteiger partial charge in [0.15, 0.2) is 0 Å². The van der Waals surface area contributed by atoms with E-state index in [9.17, 15) is 8.42 Å². The van der Waals surface area contributed by atoms with Crippen molar-refractivity contribution >= 4 is 43.0 Å². The molecule has 0 unspecified atom stereocenters. The number of methoxy groups -OCH3 is 1. The van der Waals surface area contributed by atoms with Gasteiger partial charge < -0.3 is 10.5 Å². The van der Waals surface area contributed by atoms with Gasteiger partial charge >= 0.3 is 0 Å². The third-order valence-electron chi connectivity index (χ3n) is 2.54. The number of nitrogens with one attached hydrogen (secondary N) is 1. The zero-order chi connectivity index (χ0) is 14.8. The van der Waals surface area contributed by atoms with Gasteiger partial charge in [0.1, 0.15) is 10.6 Å². The highest BCUT2D eigenvalue weighted by Crippen LogP contribution is 2.28. The van der Waals surface area contributed by atoms with E-state index in [1.54, 1.807) is 29.6 Å². The van der Waals surface area contributed by atoms with Gasteiger partial charge in [-0.2, -0.15) is 0 Å². The minimum absolute atomic E-state index is 0.190. The van der Waals surface area contributed by atoms with Crippen molar-refractivity contribution in [1.29, 1.82) is 0 Å². The molecule has 8 heteroatoms. The molecule has 0 bridgehead atoms. The van der Waals surface area contributed by atoms with E-state index < -0.39 is 10.0 Å².